The molecule has 6 heteroatoms. The molecule has 5 nitrogen and oxygen atoms in total. The van der Waals surface area contributed by atoms with Crippen LogP contribution in [0.25, 0.3) is 0 Å². The number of aliphatic hydroxyl groups excluding tert-OH is 1. The van der Waals surface area contributed by atoms with Gasteiger partial charge in [-0.15, -0.1) is 0 Å². The van der Waals surface area contributed by atoms with Gasteiger partial charge >= 0.3 is 0 Å². The van der Waals surface area contributed by atoms with Crippen molar-refractivity contribution < 1.29 is 13.5 Å². The van der Waals surface area contributed by atoms with Gasteiger partial charge in [0.1, 0.15) is 4.90 Å². The molecule has 3 N–H and O–H groups in total. The maximum atomic E-state index is 12.3. The Bertz CT molecular complexity index is 501. The van der Waals surface area contributed by atoms with Gasteiger partial charge in [0.05, 0.1) is 5.69 Å². The van der Waals surface area contributed by atoms with Crippen LogP contribution in [0.15, 0.2) is 29.2 Å². The molecule has 0 bridgehead atoms. The third kappa shape index (κ3) is 2.29. The Hall–Kier alpha value is -1.11. The molecule has 0 aliphatic carbocycles. The molecule has 1 aromatic carbocycles. The molecule has 0 aromatic heterocycles. The van der Waals surface area contributed by atoms with E-state index in [4.69, 9.17) is 10.8 Å². The first kappa shape index (κ1) is 12.3. The van der Waals surface area contributed by atoms with E-state index in [1.165, 1.54) is 10.4 Å². The molecule has 0 saturated carbocycles. The van der Waals surface area contributed by atoms with Gasteiger partial charge in [0.25, 0.3) is 0 Å². The van der Waals surface area contributed by atoms with Gasteiger partial charge in [-0.25, -0.2) is 8.42 Å². The number of sulfonamides is 1. The summed E-state index contributed by atoms with van der Waals surface area (Å²) in [6.45, 7) is 0.839. The fourth-order valence-corrected chi connectivity index (χ4v) is 3.67. The average molecular weight is 256 g/mol. The summed E-state index contributed by atoms with van der Waals surface area (Å²) in [5.41, 5.74) is 5.95. The molecule has 1 aromatic rings. The predicted molar refractivity (Wildman–Crippen MR) is 64.8 cm³/mol. The zero-order chi connectivity index (χ0) is 12.5. The Kier molecular flexibility index (Phi) is 3.37. The summed E-state index contributed by atoms with van der Waals surface area (Å²) in [4.78, 5) is 0.151. The van der Waals surface area contributed by atoms with Gasteiger partial charge in [-0.05, 0) is 24.5 Å². The van der Waals surface area contributed by atoms with Crippen LogP contribution in [-0.2, 0) is 10.0 Å². The molecule has 1 unspecified atom stereocenters. The maximum Gasteiger partial charge on any atom is 0.245 e. The van der Waals surface area contributed by atoms with Gasteiger partial charge < -0.3 is 10.8 Å². The lowest BCUT2D eigenvalue weighted by Gasteiger charge is -2.17. The normalized spacial score (nSPS) is 21.8. The molecule has 1 heterocycles. The second-order valence-corrected chi connectivity index (χ2v) is 6.14. The number of aliphatic hydroxyl groups is 1. The second kappa shape index (κ2) is 4.64. The van der Waals surface area contributed by atoms with E-state index < -0.39 is 10.0 Å². The maximum absolute atomic E-state index is 12.3. The molecule has 0 spiro atoms. The summed E-state index contributed by atoms with van der Waals surface area (Å²) in [7, 11) is -3.52. The standard InChI is InChI=1S/C11H16N2O3S/c12-10-3-1-2-4-11(10)17(15,16)13-6-5-9(7-13)8-14/h1-4,9,14H,5-8,12H2. The Labute approximate surface area is 101 Å². The summed E-state index contributed by atoms with van der Waals surface area (Å²) in [5.74, 6) is 0.0368. The largest absolute Gasteiger partial charge is 0.398 e. The SMILES string of the molecule is Nc1ccccc1S(=O)(=O)N1CCC(CO)C1. The lowest BCUT2D eigenvalue weighted by Crippen LogP contribution is -2.29. The highest BCUT2D eigenvalue weighted by atomic mass is 32.2. The van der Waals surface area contributed by atoms with Gasteiger partial charge in [0.2, 0.25) is 10.0 Å². The molecule has 1 aliphatic rings. The van der Waals surface area contributed by atoms with Crippen molar-refractivity contribution in [3.05, 3.63) is 24.3 Å². The second-order valence-electron chi connectivity index (χ2n) is 4.24. The average Bonchev–Trinajstić information content (AvgIpc) is 2.78. The van der Waals surface area contributed by atoms with E-state index in [-0.39, 0.29) is 23.1 Å². The topological polar surface area (TPSA) is 83.6 Å². The fraction of sp³-hybridized carbons (Fsp3) is 0.455. The van der Waals surface area contributed by atoms with Crippen LogP contribution < -0.4 is 5.73 Å². The van der Waals surface area contributed by atoms with Crippen LogP contribution in [0.2, 0.25) is 0 Å². The molecular weight excluding hydrogens is 240 g/mol. The minimum Gasteiger partial charge on any atom is -0.398 e. The van der Waals surface area contributed by atoms with Crippen LogP contribution >= 0.6 is 0 Å². The zero-order valence-electron chi connectivity index (χ0n) is 9.41. The first-order chi connectivity index (χ1) is 8.05. The van der Waals surface area contributed by atoms with Crippen molar-refractivity contribution in [3.8, 4) is 0 Å². The summed E-state index contributed by atoms with van der Waals surface area (Å²) < 4.78 is 26.0. The highest BCUT2D eigenvalue weighted by Crippen LogP contribution is 2.26. The number of rotatable bonds is 3. The molecule has 17 heavy (non-hydrogen) atoms. The van der Waals surface area contributed by atoms with Crippen LogP contribution in [0.1, 0.15) is 6.42 Å². The smallest absolute Gasteiger partial charge is 0.245 e. The number of hydrogen-bond acceptors (Lipinski definition) is 4. The first-order valence-corrected chi connectivity index (χ1v) is 6.95. The number of nitrogen functional groups attached to an aromatic ring is 1. The summed E-state index contributed by atoms with van der Waals surface area (Å²) >= 11 is 0. The monoisotopic (exact) mass is 256 g/mol. The van der Waals surface area contributed by atoms with Crippen LogP contribution in [0.3, 0.4) is 0 Å². The first-order valence-electron chi connectivity index (χ1n) is 5.51. The van der Waals surface area contributed by atoms with Gasteiger partial charge in [-0.2, -0.15) is 4.31 Å². The predicted octanol–water partition coefficient (Wildman–Crippen LogP) is 0.272. The van der Waals surface area contributed by atoms with E-state index in [1.54, 1.807) is 18.2 Å². The van der Waals surface area contributed by atoms with Gasteiger partial charge in [0, 0.05) is 19.7 Å². The number of hydrogen-bond donors (Lipinski definition) is 2. The molecule has 1 aliphatic heterocycles. The third-order valence-corrected chi connectivity index (χ3v) is 4.98. The molecule has 1 saturated heterocycles. The quantitative estimate of drug-likeness (QED) is 0.760. The summed E-state index contributed by atoms with van der Waals surface area (Å²) in [6.07, 6.45) is 0.697. The van der Waals surface area contributed by atoms with Gasteiger partial charge in [-0.3, -0.25) is 0 Å². The lowest BCUT2D eigenvalue weighted by molar-refractivity contribution is 0.233. The highest BCUT2D eigenvalue weighted by Gasteiger charge is 2.32. The van der Waals surface area contributed by atoms with E-state index in [1.807, 2.05) is 0 Å². The van der Waals surface area contributed by atoms with Crippen LogP contribution in [-0.4, -0.2) is 37.5 Å². The van der Waals surface area contributed by atoms with Crippen molar-refractivity contribution in [2.24, 2.45) is 5.92 Å². The Morgan fingerprint density at radius 3 is 2.71 bits per heavy atom. The number of para-hydroxylation sites is 1. The van der Waals surface area contributed by atoms with E-state index in [0.29, 0.717) is 19.5 Å². The van der Waals surface area contributed by atoms with E-state index in [2.05, 4.69) is 0 Å². The van der Waals surface area contributed by atoms with Crippen molar-refractivity contribution >= 4 is 15.7 Å². The number of nitrogens with zero attached hydrogens (tertiary/aromatic N) is 1. The Morgan fingerprint density at radius 2 is 2.12 bits per heavy atom. The summed E-state index contributed by atoms with van der Waals surface area (Å²) in [6, 6.07) is 6.45. The van der Waals surface area contributed by atoms with Gasteiger partial charge in [-0.1, -0.05) is 12.1 Å². The molecule has 1 fully saturated rings. The molecular formula is C11H16N2O3S. The fourth-order valence-electron chi connectivity index (χ4n) is 2.02. The minimum atomic E-state index is -3.52. The number of anilines is 1. The van der Waals surface area contributed by atoms with Gasteiger partial charge in [0.15, 0.2) is 0 Å². The van der Waals surface area contributed by atoms with Crippen LogP contribution in [0, 0.1) is 5.92 Å². The van der Waals surface area contributed by atoms with E-state index >= 15 is 0 Å². The Morgan fingerprint density at radius 1 is 1.41 bits per heavy atom. The van der Waals surface area contributed by atoms with Crippen molar-refractivity contribution in [1.29, 1.82) is 0 Å². The van der Waals surface area contributed by atoms with Crippen molar-refractivity contribution in [2.75, 3.05) is 25.4 Å². The molecule has 2 rings (SSSR count). The lowest BCUT2D eigenvalue weighted by atomic mass is 10.1. The molecule has 94 valence electrons. The third-order valence-electron chi connectivity index (χ3n) is 3.04. The zero-order valence-corrected chi connectivity index (χ0v) is 10.2. The van der Waals surface area contributed by atoms with Crippen molar-refractivity contribution in [3.63, 3.8) is 0 Å². The number of nitrogens with two attached hydrogens (primary N) is 1. The number of benzene rings is 1. The van der Waals surface area contributed by atoms with Crippen molar-refractivity contribution in [1.82, 2.24) is 4.31 Å². The minimum absolute atomic E-state index is 0.0241. The molecule has 0 amide bonds. The molecule has 1 atom stereocenters. The highest BCUT2D eigenvalue weighted by molar-refractivity contribution is 7.89. The van der Waals surface area contributed by atoms with Crippen LogP contribution in [0.5, 0.6) is 0 Å². The van der Waals surface area contributed by atoms with E-state index in [0.717, 1.165) is 0 Å². The van der Waals surface area contributed by atoms with Crippen LogP contribution in [0.4, 0.5) is 5.69 Å². The Balaban J connectivity index is 2.29. The summed E-state index contributed by atoms with van der Waals surface area (Å²) in [5, 5.41) is 9.03. The van der Waals surface area contributed by atoms with Crippen molar-refractivity contribution in [2.45, 2.75) is 11.3 Å². The van der Waals surface area contributed by atoms with E-state index in [9.17, 15) is 8.42 Å². The molecule has 0 radical (unpaired) electrons.